The predicted octanol–water partition coefficient (Wildman–Crippen LogP) is 2.14. The van der Waals surface area contributed by atoms with Gasteiger partial charge in [0.2, 0.25) is 5.91 Å². The van der Waals surface area contributed by atoms with Gasteiger partial charge in [-0.1, -0.05) is 19.4 Å². The van der Waals surface area contributed by atoms with Crippen molar-refractivity contribution in [3.05, 3.63) is 24.3 Å². The first-order chi connectivity index (χ1) is 11.4. The van der Waals surface area contributed by atoms with Gasteiger partial charge in [0.25, 0.3) is 5.91 Å². The molecule has 1 aliphatic rings. The number of benzene rings is 1. The summed E-state index contributed by atoms with van der Waals surface area (Å²) in [5.41, 5.74) is 5.74. The Hall–Kier alpha value is -2.08. The summed E-state index contributed by atoms with van der Waals surface area (Å²) in [5, 5.41) is 2.81. The average Bonchev–Trinajstić information content (AvgIpc) is 3.07. The van der Waals surface area contributed by atoms with Gasteiger partial charge in [-0.15, -0.1) is 0 Å². The fraction of sp³-hybridized carbons (Fsp3) is 0.556. The highest BCUT2D eigenvalue weighted by atomic mass is 16.5. The van der Waals surface area contributed by atoms with Gasteiger partial charge >= 0.3 is 0 Å². The SMILES string of the molecule is CCCC(C)(N)C(=O)Nc1cccc(OCC(=O)N2CCCC2)c1. The number of nitrogens with one attached hydrogen (secondary N) is 1. The van der Waals surface area contributed by atoms with Crippen LogP contribution in [0.4, 0.5) is 5.69 Å². The molecule has 1 atom stereocenters. The van der Waals surface area contributed by atoms with E-state index in [9.17, 15) is 9.59 Å². The molecule has 0 spiro atoms. The lowest BCUT2D eigenvalue weighted by Gasteiger charge is -2.23. The van der Waals surface area contributed by atoms with Crippen molar-refractivity contribution < 1.29 is 14.3 Å². The van der Waals surface area contributed by atoms with Crippen LogP contribution in [-0.4, -0.2) is 41.9 Å². The van der Waals surface area contributed by atoms with Gasteiger partial charge in [0.05, 0.1) is 5.54 Å². The number of carbonyl (C=O) groups is 2. The molecule has 6 nitrogen and oxygen atoms in total. The topological polar surface area (TPSA) is 84.7 Å². The van der Waals surface area contributed by atoms with Crippen LogP contribution in [0.5, 0.6) is 5.75 Å². The monoisotopic (exact) mass is 333 g/mol. The first-order valence-corrected chi connectivity index (χ1v) is 8.53. The molecule has 24 heavy (non-hydrogen) atoms. The molecule has 1 unspecified atom stereocenters. The molecule has 1 fully saturated rings. The summed E-state index contributed by atoms with van der Waals surface area (Å²) in [6.07, 6.45) is 3.56. The Morgan fingerprint density at radius 2 is 2.04 bits per heavy atom. The maximum absolute atomic E-state index is 12.2. The summed E-state index contributed by atoms with van der Waals surface area (Å²) < 4.78 is 5.56. The lowest BCUT2D eigenvalue weighted by molar-refractivity contribution is -0.132. The van der Waals surface area contributed by atoms with Crippen molar-refractivity contribution in [1.29, 1.82) is 0 Å². The molecule has 2 amide bonds. The highest BCUT2D eigenvalue weighted by Gasteiger charge is 2.27. The molecule has 1 aliphatic heterocycles. The minimum atomic E-state index is -0.905. The second-order valence-electron chi connectivity index (χ2n) is 6.53. The highest BCUT2D eigenvalue weighted by Crippen LogP contribution is 2.20. The van der Waals surface area contributed by atoms with Gasteiger partial charge in [-0.2, -0.15) is 0 Å². The van der Waals surface area contributed by atoms with E-state index in [1.165, 1.54) is 0 Å². The van der Waals surface area contributed by atoms with Crippen LogP contribution >= 0.6 is 0 Å². The van der Waals surface area contributed by atoms with Crippen molar-refractivity contribution in [3.8, 4) is 5.75 Å². The minimum Gasteiger partial charge on any atom is -0.484 e. The molecule has 2 rings (SSSR count). The Morgan fingerprint density at radius 1 is 1.33 bits per heavy atom. The molecule has 132 valence electrons. The number of anilines is 1. The molecule has 0 saturated carbocycles. The van der Waals surface area contributed by atoms with E-state index in [1.54, 1.807) is 31.2 Å². The van der Waals surface area contributed by atoms with Crippen LogP contribution in [0.3, 0.4) is 0 Å². The van der Waals surface area contributed by atoms with Gasteiger partial charge in [0, 0.05) is 24.8 Å². The molecule has 1 aromatic carbocycles. The predicted molar refractivity (Wildman–Crippen MR) is 93.9 cm³/mol. The van der Waals surface area contributed by atoms with Gasteiger partial charge in [0.15, 0.2) is 6.61 Å². The van der Waals surface area contributed by atoms with Crippen LogP contribution in [0.15, 0.2) is 24.3 Å². The van der Waals surface area contributed by atoms with Crippen molar-refractivity contribution in [2.45, 2.75) is 45.1 Å². The van der Waals surface area contributed by atoms with E-state index < -0.39 is 5.54 Å². The first-order valence-electron chi connectivity index (χ1n) is 8.53. The zero-order chi connectivity index (χ0) is 17.6. The highest BCUT2D eigenvalue weighted by molar-refractivity contribution is 5.97. The average molecular weight is 333 g/mol. The van der Waals surface area contributed by atoms with E-state index in [0.29, 0.717) is 17.9 Å². The van der Waals surface area contributed by atoms with Crippen molar-refractivity contribution >= 4 is 17.5 Å². The lowest BCUT2D eigenvalue weighted by Crippen LogP contribution is -2.48. The van der Waals surface area contributed by atoms with Crippen LogP contribution < -0.4 is 15.8 Å². The Balaban J connectivity index is 1.91. The zero-order valence-electron chi connectivity index (χ0n) is 14.5. The third kappa shape index (κ3) is 4.96. The molecule has 6 heteroatoms. The summed E-state index contributed by atoms with van der Waals surface area (Å²) in [6, 6.07) is 7.02. The molecule has 1 heterocycles. The van der Waals surface area contributed by atoms with Crippen molar-refractivity contribution in [1.82, 2.24) is 4.90 Å². The second-order valence-corrected chi connectivity index (χ2v) is 6.53. The third-order valence-electron chi connectivity index (χ3n) is 4.20. The van der Waals surface area contributed by atoms with Crippen LogP contribution in [0.25, 0.3) is 0 Å². The van der Waals surface area contributed by atoms with Crippen LogP contribution in [-0.2, 0) is 9.59 Å². The lowest BCUT2D eigenvalue weighted by atomic mass is 9.96. The Bertz CT molecular complexity index is 581. The van der Waals surface area contributed by atoms with Crippen molar-refractivity contribution in [2.24, 2.45) is 5.73 Å². The van der Waals surface area contributed by atoms with E-state index in [4.69, 9.17) is 10.5 Å². The van der Waals surface area contributed by atoms with Gasteiger partial charge < -0.3 is 20.7 Å². The number of likely N-dealkylation sites (tertiary alicyclic amines) is 1. The van der Waals surface area contributed by atoms with Gasteiger partial charge in [-0.3, -0.25) is 9.59 Å². The smallest absolute Gasteiger partial charge is 0.260 e. The molecule has 1 aromatic rings. The summed E-state index contributed by atoms with van der Waals surface area (Å²) in [6.45, 7) is 5.35. The van der Waals surface area contributed by atoms with E-state index >= 15 is 0 Å². The number of carbonyl (C=O) groups excluding carboxylic acids is 2. The number of nitrogens with two attached hydrogens (primary N) is 1. The Labute approximate surface area is 143 Å². The van der Waals surface area contributed by atoms with E-state index in [-0.39, 0.29) is 18.4 Å². The number of amides is 2. The maximum Gasteiger partial charge on any atom is 0.260 e. The van der Waals surface area contributed by atoms with E-state index in [1.807, 2.05) is 11.8 Å². The molecule has 1 saturated heterocycles. The van der Waals surface area contributed by atoms with Gasteiger partial charge in [0.1, 0.15) is 5.75 Å². The molecule has 0 aliphatic carbocycles. The second kappa shape index (κ2) is 8.15. The number of hydrogen-bond donors (Lipinski definition) is 2. The normalized spacial score (nSPS) is 16.5. The summed E-state index contributed by atoms with van der Waals surface area (Å²) in [4.78, 5) is 26.1. The molecule has 0 aromatic heterocycles. The van der Waals surface area contributed by atoms with Crippen LogP contribution in [0.1, 0.15) is 39.5 Å². The fourth-order valence-electron chi connectivity index (χ4n) is 2.77. The minimum absolute atomic E-state index is 0.000539. The zero-order valence-corrected chi connectivity index (χ0v) is 14.5. The third-order valence-corrected chi connectivity index (χ3v) is 4.20. The van der Waals surface area contributed by atoms with E-state index in [2.05, 4.69) is 5.32 Å². The van der Waals surface area contributed by atoms with Crippen LogP contribution in [0, 0.1) is 0 Å². The quantitative estimate of drug-likeness (QED) is 0.800. The first kappa shape index (κ1) is 18.3. The number of nitrogens with zero attached hydrogens (tertiary/aromatic N) is 1. The standard InChI is InChI=1S/C18H27N3O3/c1-3-9-18(2,19)17(23)20-14-7-6-8-15(12-14)24-13-16(22)21-10-4-5-11-21/h6-8,12H,3-5,9-11,13,19H2,1-2H3,(H,20,23). The summed E-state index contributed by atoms with van der Waals surface area (Å²) >= 11 is 0. The van der Waals surface area contributed by atoms with Gasteiger partial charge in [-0.25, -0.2) is 0 Å². The van der Waals surface area contributed by atoms with Crippen LogP contribution in [0.2, 0.25) is 0 Å². The molecular formula is C18H27N3O3. The fourth-order valence-corrected chi connectivity index (χ4v) is 2.77. The molecule has 0 radical (unpaired) electrons. The Kier molecular flexibility index (Phi) is 6.20. The van der Waals surface area contributed by atoms with Crippen molar-refractivity contribution in [3.63, 3.8) is 0 Å². The number of ether oxygens (including phenoxy) is 1. The van der Waals surface area contributed by atoms with Crippen molar-refractivity contribution in [2.75, 3.05) is 25.0 Å². The molecule has 0 bridgehead atoms. The molecule has 3 N–H and O–H groups in total. The maximum atomic E-state index is 12.2. The molecular weight excluding hydrogens is 306 g/mol. The van der Waals surface area contributed by atoms with E-state index in [0.717, 1.165) is 32.4 Å². The number of rotatable bonds is 7. The summed E-state index contributed by atoms with van der Waals surface area (Å²) in [7, 11) is 0. The Morgan fingerprint density at radius 3 is 2.71 bits per heavy atom. The van der Waals surface area contributed by atoms with Gasteiger partial charge in [-0.05, 0) is 38.3 Å². The summed E-state index contributed by atoms with van der Waals surface area (Å²) in [5.74, 6) is 0.323. The largest absolute Gasteiger partial charge is 0.484 e. The number of hydrogen-bond acceptors (Lipinski definition) is 4.